The van der Waals surface area contributed by atoms with Gasteiger partial charge in [0.2, 0.25) is 0 Å². The van der Waals surface area contributed by atoms with Gasteiger partial charge in [0, 0.05) is 30.1 Å². The van der Waals surface area contributed by atoms with Crippen molar-refractivity contribution in [3.63, 3.8) is 0 Å². The van der Waals surface area contributed by atoms with E-state index >= 15 is 0 Å². The molecule has 3 aliphatic rings. The van der Waals surface area contributed by atoms with E-state index in [0.29, 0.717) is 41.1 Å². The fraction of sp³-hybridized carbons (Fsp3) is 0.419. The van der Waals surface area contributed by atoms with Crippen molar-refractivity contribution in [2.75, 3.05) is 13.1 Å². The zero-order valence-electron chi connectivity index (χ0n) is 22.8. The van der Waals surface area contributed by atoms with E-state index in [9.17, 15) is 14.3 Å². The molecule has 0 spiro atoms. The highest BCUT2D eigenvalue weighted by Gasteiger charge is 2.43. The quantitative estimate of drug-likeness (QED) is 0.336. The smallest absolute Gasteiger partial charge is 0.328 e. The molecule has 1 saturated carbocycles. The molecule has 41 heavy (non-hydrogen) atoms. The second kappa shape index (κ2) is 11.1. The van der Waals surface area contributed by atoms with Gasteiger partial charge in [0.25, 0.3) is 5.79 Å². The molecule has 0 bridgehead atoms. The van der Waals surface area contributed by atoms with Crippen molar-refractivity contribution in [1.82, 2.24) is 14.5 Å². The van der Waals surface area contributed by atoms with Gasteiger partial charge in [-0.15, -0.1) is 0 Å². The van der Waals surface area contributed by atoms with Crippen molar-refractivity contribution in [2.45, 2.75) is 63.5 Å². The number of aromatic nitrogens is 2. The number of hydrogen-bond acceptors (Lipinski definition) is 6. The van der Waals surface area contributed by atoms with Gasteiger partial charge in [-0.25, -0.2) is 14.2 Å². The Balaban J connectivity index is 1.14. The molecule has 0 radical (unpaired) electrons. The van der Waals surface area contributed by atoms with Crippen LogP contribution >= 0.6 is 11.6 Å². The molecule has 3 aromatic rings. The third-order valence-corrected chi connectivity index (χ3v) is 8.68. The van der Waals surface area contributed by atoms with Crippen LogP contribution in [0.15, 0.2) is 48.7 Å². The molecule has 6 rings (SSSR count). The number of halogens is 2. The lowest BCUT2D eigenvalue weighted by molar-refractivity contribution is -0.131. The Hall–Kier alpha value is -3.40. The number of likely N-dealkylation sites (tertiary alicyclic amines) is 1. The summed E-state index contributed by atoms with van der Waals surface area (Å²) in [6.07, 6.45) is 7.52. The largest absolute Gasteiger partial charge is 0.478 e. The molecule has 2 aliphatic heterocycles. The Kier molecular flexibility index (Phi) is 7.52. The van der Waals surface area contributed by atoms with E-state index in [2.05, 4.69) is 20.5 Å². The average molecular weight is 582 g/mol. The van der Waals surface area contributed by atoms with E-state index < -0.39 is 17.6 Å². The van der Waals surface area contributed by atoms with Gasteiger partial charge in [0.15, 0.2) is 11.5 Å². The van der Waals surface area contributed by atoms with Crippen LogP contribution in [0.1, 0.15) is 61.2 Å². The second-order valence-corrected chi connectivity index (χ2v) is 11.8. The summed E-state index contributed by atoms with van der Waals surface area (Å²) in [5, 5.41) is 19.2. The summed E-state index contributed by atoms with van der Waals surface area (Å²) in [6.45, 7) is 4.80. The van der Waals surface area contributed by atoms with E-state index in [4.69, 9.17) is 26.2 Å². The molecule has 8 nitrogen and oxygen atoms in total. The minimum Gasteiger partial charge on any atom is -0.478 e. The third kappa shape index (κ3) is 5.71. The molecule has 1 aromatic heterocycles. The number of piperidine rings is 1. The first-order chi connectivity index (χ1) is 19.7. The molecule has 1 saturated heterocycles. The molecule has 2 aromatic carbocycles. The normalized spacial score (nSPS) is 24.6. The van der Waals surface area contributed by atoms with Gasteiger partial charge in [-0.3, -0.25) is 4.90 Å². The highest BCUT2D eigenvalue weighted by molar-refractivity contribution is 6.30. The van der Waals surface area contributed by atoms with Crippen molar-refractivity contribution in [1.29, 1.82) is 0 Å². The number of carboxylic acid groups (broad SMARTS) is 1. The lowest BCUT2D eigenvalue weighted by atomic mass is 9.82. The minimum atomic E-state index is -1.28. The molecule has 1 aliphatic carbocycles. The molecule has 2 N–H and O–H groups in total. The van der Waals surface area contributed by atoms with Gasteiger partial charge < -0.3 is 24.3 Å². The van der Waals surface area contributed by atoms with Gasteiger partial charge in [-0.1, -0.05) is 23.7 Å². The maximum atomic E-state index is 14.8. The summed E-state index contributed by atoms with van der Waals surface area (Å²) in [5.74, 6) is 0.0176. The minimum absolute atomic E-state index is 0.249. The highest BCUT2D eigenvalue weighted by atomic mass is 35.5. The van der Waals surface area contributed by atoms with Crippen molar-refractivity contribution < 1.29 is 28.9 Å². The number of para-hydroxylation sites is 1. The van der Waals surface area contributed by atoms with Crippen molar-refractivity contribution in [3.05, 3.63) is 82.2 Å². The van der Waals surface area contributed by atoms with Crippen molar-refractivity contribution in [3.8, 4) is 11.5 Å². The Labute approximate surface area is 243 Å². The summed E-state index contributed by atoms with van der Waals surface area (Å²) < 4.78 is 29.3. The predicted octanol–water partition coefficient (Wildman–Crippen LogP) is 5.57. The number of carboxylic acids is 1. The summed E-state index contributed by atoms with van der Waals surface area (Å²) in [7, 11) is 0. The van der Waals surface area contributed by atoms with Gasteiger partial charge >= 0.3 is 5.97 Å². The van der Waals surface area contributed by atoms with Crippen LogP contribution in [0.4, 0.5) is 4.39 Å². The number of nitrogens with zero attached hydrogens (tertiary/aromatic N) is 3. The number of fused-ring (bicyclic) bond motifs is 1. The lowest BCUT2D eigenvalue weighted by Gasteiger charge is -2.34. The van der Waals surface area contributed by atoms with Gasteiger partial charge in [0.1, 0.15) is 11.6 Å². The number of carbonyl (C=O) groups is 1. The van der Waals surface area contributed by atoms with Crippen LogP contribution < -0.4 is 9.47 Å². The van der Waals surface area contributed by atoms with Gasteiger partial charge in [-0.05, 0) is 81.0 Å². The van der Waals surface area contributed by atoms with Crippen LogP contribution in [0, 0.1) is 11.7 Å². The SMILES string of the molecule is CC1(c2ccc(Cl)cc2F)Oc2cccc(C3CCN(Cc4ncc(/C=C/C(=O)O)n4CC4CC(O)C4)CC3)c2O1. The topological polar surface area (TPSA) is 97.1 Å². The summed E-state index contributed by atoms with van der Waals surface area (Å²) >= 11 is 5.96. The first-order valence-electron chi connectivity index (χ1n) is 14.0. The first kappa shape index (κ1) is 27.8. The Bertz CT molecular complexity index is 1480. The number of aliphatic hydroxyl groups excluding tert-OH is 1. The van der Waals surface area contributed by atoms with Gasteiger partial charge in [0.05, 0.1) is 30.1 Å². The second-order valence-electron chi connectivity index (χ2n) is 11.4. The molecule has 0 amide bonds. The van der Waals surface area contributed by atoms with Gasteiger partial charge in [-0.2, -0.15) is 0 Å². The number of ether oxygens (including phenoxy) is 2. The molecule has 1 unspecified atom stereocenters. The number of imidazole rings is 1. The molecule has 3 heterocycles. The molecular formula is C31H33ClFN3O5. The standard InChI is InChI=1S/C31H33ClFN3O5/c1-31(25-7-5-21(32)15-26(25)33)40-27-4-2-3-24(30(27)41-31)20-9-11-35(12-10-20)18-28-34-16-22(6-8-29(38)39)36(28)17-19-13-23(37)14-19/h2-8,15-16,19-20,23,37H,9-14,17-18H2,1H3,(H,38,39)/b8-6+. The maximum Gasteiger partial charge on any atom is 0.328 e. The van der Waals surface area contributed by atoms with Crippen LogP contribution in [-0.4, -0.2) is 49.8 Å². The third-order valence-electron chi connectivity index (χ3n) is 8.44. The number of benzene rings is 2. The van der Waals surface area contributed by atoms with Crippen LogP contribution in [0.25, 0.3) is 6.08 Å². The Morgan fingerprint density at radius 3 is 2.71 bits per heavy atom. The summed E-state index contributed by atoms with van der Waals surface area (Å²) in [4.78, 5) is 18.1. The average Bonchev–Trinajstić information content (AvgIpc) is 3.46. The zero-order valence-corrected chi connectivity index (χ0v) is 23.6. The number of aliphatic carboxylic acids is 1. The predicted molar refractivity (Wildman–Crippen MR) is 151 cm³/mol. The van der Waals surface area contributed by atoms with E-state index in [1.54, 1.807) is 31.3 Å². The van der Waals surface area contributed by atoms with E-state index in [1.165, 1.54) is 6.07 Å². The number of hydrogen-bond donors (Lipinski definition) is 2. The Morgan fingerprint density at radius 2 is 2.00 bits per heavy atom. The van der Waals surface area contributed by atoms with E-state index in [1.807, 2.05) is 12.1 Å². The van der Waals surface area contributed by atoms with Crippen LogP contribution in [0.5, 0.6) is 11.5 Å². The molecule has 216 valence electrons. The molecule has 2 fully saturated rings. The zero-order chi connectivity index (χ0) is 28.7. The fourth-order valence-electron chi connectivity index (χ4n) is 6.20. The van der Waals surface area contributed by atoms with Crippen molar-refractivity contribution >= 4 is 23.6 Å². The van der Waals surface area contributed by atoms with Crippen LogP contribution in [0.2, 0.25) is 5.02 Å². The highest BCUT2D eigenvalue weighted by Crippen LogP contribution is 2.49. The fourth-order valence-corrected chi connectivity index (χ4v) is 6.36. The van der Waals surface area contributed by atoms with Crippen LogP contribution in [0.3, 0.4) is 0 Å². The monoisotopic (exact) mass is 581 g/mol. The van der Waals surface area contributed by atoms with Crippen molar-refractivity contribution in [2.24, 2.45) is 5.92 Å². The Morgan fingerprint density at radius 1 is 1.22 bits per heavy atom. The number of aliphatic hydroxyl groups is 1. The lowest BCUT2D eigenvalue weighted by Crippen LogP contribution is -2.35. The number of rotatable bonds is 8. The molecular weight excluding hydrogens is 549 g/mol. The summed E-state index contributed by atoms with van der Waals surface area (Å²) in [5.41, 5.74) is 2.12. The molecule has 1 atom stereocenters. The van der Waals surface area contributed by atoms with E-state index in [-0.39, 0.29) is 12.0 Å². The first-order valence-corrected chi connectivity index (χ1v) is 14.4. The van der Waals surface area contributed by atoms with Crippen LogP contribution in [-0.2, 0) is 23.7 Å². The van der Waals surface area contributed by atoms with E-state index in [0.717, 1.165) is 61.9 Å². The maximum absolute atomic E-state index is 14.8. The summed E-state index contributed by atoms with van der Waals surface area (Å²) in [6, 6.07) is 10.4. The molecule has 10 heteroatoms.